The van der Waals surface area contributed by atoms with Gasteiger partial charge in [-0.15, -0.1) is 0 Å². The molecule has 7 nitrogen and oxygen atoms in total. The lowest BCUT2D eigenvalue weighted by Gasteiger charge is -2.26. The van der Waals surface area contributed by atoms with Gasteiger partial charge in [0, 0.05) is 16.8 Å². The van der Waals surface area contributed by atoms with E-state index in [4.69, 9.17) is 21.1 Å². The van der Waals surface area contributed by atoms with Gasteiger partial charge in [-0.05, 0) is 48.9 Å². The Morgan fingerprint density at radius 3 is 2.44 bits per heavy atom. The van der Waals surface area contributed by atoms with Crippen LogP contribution in [0, 0.1) is 6.92 Å². The number of carbonyl (C=O) groups excluding carboxylic acids is 1. The number of nitrogens with zero attached hydrogens (tertiary/aromatic N) is 1. The van der Waals surface area contributed by atoms with Gasteiger partial charge in [0.05, 0.1) is 10.6 Å². The molecule has 1 aliphatic rings. The first kappa shape index (κ1) is 22.0. The molecule has 1 heterocycles. The van der Waals surface area contributed by atoms with E-state index in [0.717, 1.165) is 9.87 Å². The molecule has 1 aliphatic heterocycles. The van der Waals surface area contributed by atoms with Crippen molar-refractivity contribution in [2.75, 3.05) is 29.4 Å². The van der Waals surface area contributed by atoms with Crippen molar-refractivity contribution in [3.8, 4) is 11.5 Å². The maximum atomic E-state index is 13.4. The minimum Gasteiger partial charge on any atom is -0.486 e. The number of hydrogen-bond donors (Lipinski definition) is 1. The van der Waals surface area contributed by atoms with Crippen molar-refractivity contribution in [2.45, 2.75) is 11.8 Å². The third-order valence-corrected chi connectivity index (χ3v) is 7.08. The Morgan fingerprint density at radius 2 is 1.72 bits per heavy atom. The van der Waals surface area contributed by atoms with Gasteiger partial charge in [-0.25, -0.2) is 8.42 Å². The zero-order valence-electron chi connectivity index (χ0n) is 17.2. The standard InChI is InChI=1S/C23H21ClN2O5S/c1-16-7-8-17(13-20(16)24)25-23(27)15-26(32(28,29)19-5-3-2-4-6-19)18-9-10-21-22(14-18)31-12-11-30-21/h2-10,13-14H,11-12,15H2,1H3,(H,25,27). The molecule has 0 saturated carbocycles. The van der Waals surface area contributed by atoms with E-state index in [0.29, 0.717) is 35.4 Å². The van der Waals surface area contributed by atoms with Gasteiger partial charge in [-0.3, -0.25) is 9.10 Å². The van der Waals surface area contributed by atoms with E-state index in [9.17, 15) is 13.2 Å². The molecule has 0 spiro atoms. The molecule has 0 atom stereocenters. The highest BCUT2D eigenvalue weighted by molar-refractivity contribution is 7.92. The molecular formula is C23H21ClN2O5S. The number of aryl methyl sites for hydroxylation is 1. The normalized spacial score (nSPS) is 12.8. The first-order valence-corrected chi connectivity index (χ1v) is 11.7. The molecule has 0 unspecified atom stereocenters. The van der Waals surface area contributed by atoms with E-state index < -0.39 is 22.5 Å². The number of sulfonamides is 1. The number of rotatable bonds is 6. The number of anilines is 2. The van der Waals surface area contributed by atoms with Crippen LogP contribution in [-0.2, 0) is 14.8 Å². The molecule has 0 bridgehead atoms. The van der Waals surface area contributed by atoms with Crippen LogP contribution in [0.1, 0.15) is 5.56 Å². The molecule has 0 radical (unpaired) electrons. The van der Waals surface area contributed by atoms with E-state index in [2.05, 4.69) is 5.32 Å². The highest BCUT2D eigenvalue weighted by Gasteiger charge is 2.28. The summed E-state index contributed by atoms with van der Waals surface area (Å²) < 4.78 is 39.0. The second-order valence-corrected chi connectivity index (χ2v) is 9.43. The van der Waals surface area contributed by atoms with Crippen molar-refractivity contribution in [3.05, 3.63) is 77.3 Å². The van der Waals surface area contributed by atoms with Gasteiger partial charge < -0.3 is 14.8 Å². The summed E-state index contributed by atoms with van der Waals surface area (Å²) in [6.45, 7) is 2.18. The van der Waals surface area contributed by atoms with Crippen molar-refractivity contribution in [1.82, 2.24) is 0 Å². The zero-order chi connectivity index (χ0) is 22.7. The maximum Gasteiger partial charge on any atom is 0.264 e. The number of ether oxygens (including phenoxy) is 2. The largest absolute Gasteiger partial charge is 0.486 e. The van der Waals surface area contributed by atoms with E-state index in [1.165, 1.54) is 12.1 Å². The van der Waals surface area contributed by atoms with Crippen LogP contribution in [0.15, 0.2) is 71.6 Å². The molecule has 1 amide bonds. The van der Waals surface area contributed by atoms with Crippen LogP contribution in [0.3, 0.4) is 0 Å². The summed E-state index contributed by atoms with van der Waals surface area (Å²) in [5.74, 6) is 0.433. The fourth-order valence-electron chi connectivity index (χ4n) is 3.22. The first-order chi connectivity index (χ1) is 15.3. The van der Waals surface area contributed by atoms with E-state index in [1.54, 1.807) is 54.6 Å². The monoisotopic (exact) mass is 472 g/mol. The van der Waals surface area contributed by atoms with E-state index in [1.807, 2.05) is 6.92 Å². The van der Waals surface area contributed by atoms with Gasteiger partial charge in [0.1, 0.15) is 19.8 Å². The van der Waals surface area contributed by atoms with Crippen LogP contribution in [-0.4, -0.2) is 34.1 Å². The molecule has 166 valence electrons. The molecule has 0 aromatic heterocycles. The average molecular weight is 473 g/mol. The minimum atomic E-state index is -4.03. The molecule has 0 fully saturated rings. The van der Waals surface area contributed by atoms with Crippen LogP contribution in [0.2, 0.25) is 5.02 Å². The Bertz CT molecular complexity index is 1250. The van der Waals surface area contributed by atoms with Crippen molar-refractivity contribution in [3.63, 3.8) is 0 Å². The molecule has 32 heavy (non-hydrogen) atoms. The van der Waals surface area contributed by atoms with E-state index >= 15 is 0 Å². The smallest absolute Gasteiger partial charge is 0.264 e. The molecule has 3 aromatic rings. The molecule has 1 N–H and O–H groups in total. The Hall–Kier alpha value is -3.23. The molecule has 4 rings (SSSR count). The third kappa shape index (κ3) is 4.66. The lowest BCUT2D eigenvalue weighted by molar-refractivity contribution is -0.114. The Morgan fingerprint density at radius 1 is 1.00 bits per heavy atom. The summed E-state index contributed by atoms with van der Waals surface area (Å²) in [5.41, 5.74) is 1.63. The minimum absolute atomic E-state index is 0.0704. The molecule has 3 aromatic carbocycles. The summed E-state index contributed by atoms with van der Waals surface area (Å²) in [4.78, 5) is 12.9. The van der Waals surface area contributed by atoms with Crippen molar-refractivity contribution in [2.24, 2.45) is 0 Å². The summed E-state index contributed by atoms with van der Waals surface area (Å²) in [5, 5.41) is 3.21. The van der Waals surface area contributed by atoms with Crippen molar-refractivity contribution >= 4 is 38.9 Å². The van der Waals surface area contributed by atoms with E-state index in [-0.39, 0.29) is 10.6 Å². The van der Waals surface area contributed by atoms with Crippen LogP contribution in [0.5, 0.6) is 11.5 Å². The Balaban J connectivity index is 1.67. The number of fused-ring (bicyclic) bond motifs is 1. The van der Waals surface area contributed by atoms with Crippen molar-refractivity contribution in [1.29, 1.82) is 0 Å². The van der Waals surface area contributed by atoms with Crippen LogP contribution < -0.4 is 19.1 Å². The molecular weight excluding hydrogens is 452 g/mol. The number of halogens is 1. The molecule has 9 heteroatoms. The predicted molar refractivity (Wildman–Crippen MR) is 123 cm³/mol. The number of nitrogens with one attached hydrogen (secondary N) is 1. The first-order valence-electron chi connectivity index (χ1n) is 9.88. The predicted octanol–water partition coefficient (Wildman–Crippen LogP) is 4.25. The third-order valence-electron chi connectivity index (χ3n) is 4.89. The van der Waals surface area contributed by atoms with Crippen molar-refractivity contribution < 1.29 is 22.7 Å². The lowest BCUT2D eigenvalue weighted by atomic mass is 10.2. The second-order valence-electron chi connectivity index (χ2n) is 7.16. The second kappa shape index (κ2) is 9.10. The van der Waals surface area contributed by atoms with Gasteiger partial charge in [0.2, 0.25) is 5.91 Å². The van der Waals surface area contributed by atoms with Crippen LogP contribution in [0.4, 0.5) is 11.4 Å². The van der Waals surface area contributed by atoms with Gasteiger partial charge in [-0.2, -0.15) is 0 Å². The number of amides is 1. The highest BCUT2D eigenvalue weighted by atomic mass is 35.5. The molecule has 0 aliphatic carbocycles. The zero-order valence-corrected chi connectivity index (χ0v) is 18.8. The summed E-state index contributed by atoms with van der Waals surface area (Å²) in [6.07, 6.45) is 0. The SMILES string of the molecule is Cc1ccc(NC(=O)CN(c2ccc3c(c2)OCCO3)S(=O)(=O)c2ccccc2)cc1Cl. The average Bonchev–Trinajstić information content (AvgIpc) is 2.80. The quantitative estimate of drug-likeness (QED) is 0.579. The number of benzene rings is 3. The van der Waals surface area contributed by atoms with Gasteiger partial charge in [0.15, 0.2) is 11.5 Å². The summed E-state index contributed by atoms with van der Waals surface area (Å²) in [7, 11) is -4.03. The van der Waals surface area contributed by atoms with Gasteiger partial charge >= 0.3 is 0 Å². The highest BCUT2D eigenvalue weighted by Crippen LogP contribution is 2.35. The molecule has 0 saturated heterocycles. The number of hydrogen-bond acceptors (Lipinski definition) is 5. The topological polar surface area (TPSA) is 84.9 Å². The van der Waals surface area contributed by atoms with Gasteiger partial charge in [0.25, 0.3) is 10.0 Å². The Kier molecular flexibility index (Phi) is 6.25. The Labute approximate surface area is 191 Å². The van der Waals surface area contributed by atoms with Crippen LogP contribution >= 0.6 is 11.6 Å². The fourth-order valence-corrected chi connectivity index (χ4v) is 4.84. The maximum absolute atomic E-state index is 13.4. The summed E-state index contributed by atoms with van der Waals surface area (Å²) >= 11 is 6.14. The number of carbonyl (C=O) groups is 1. The van der Waals surface area contributed by atoms with Gasteiger partial charge in [-0.1, -0.05) is 35.9 Å². The lowest BCUT2D eigenvalue weighted by Crippen LogP contribution is -2.38. The fraction of sp³-hybridized carbons (Fsp3) is 0.174. The summed E-state index contributed by atoms with van der Waals surface area (Å²) in [6, 6.07) is 17.8. The van der Waals surface area contributed by atoms with Crippen LogP contribution in [0.25, 0.3) is 0 Å².